The van der Waals surface area contributed by atoms with Gasteiger partial charge in [0.25, 0.3) is 10.0 Å². The second-order valence-electron chi connectivity index (χ2n) is 3.49. The van der Waals surface area contributed by atoms with Gasteiger partial charge in [0.1, 0.15) is 12.8 Å². The van der Waals surface area contributed by atoms with Crippen LogP contribution in [0.25, 0.3) is 0 Å². The summed E-state index contributed by atoms with van der Waals surface area (Å²) in [5, 5.41) is 4.13. The minimum Gasteiger partial charge on any atom is -0.447 e. The summed E-state index contributed by atoms with van der Waals surface area (Å²) < 4.78 is 32.5. The largest absolute Gasteiger partial charge is 0.447 e. The van der Waals surface area contributed by atoms with Crippen molar-refractivity contribution in [2.45, 2.75) is 11.6 Å². The molecule has 19 heavy (non-hydrogen) atoms. The molecule has 0 N–H and O–H groups in total. The van der Waals surface area contributed by atoms with E-state index in [4.69, 9.17) is 4.42 Å². The number of nitrogens with zero attached hydrogens (tertiary/aromatic N) is 4. The van der Waals surface area contributed by atoms with Crippen LogP contribution in [-0.4, -0.2) is 40.4 Å². The molecule has 2 unspecified atom stereocenters. The molecule has 2 aromatic heterocycles. The van der Waals surface area contributed by atoms with Crippen LogP contribution in [0.2, 0.25) is 0 Å². The Morgan fingerprint density at radius 2 is 2.16 bits per heavy atom. The van der Waals surface area contributed by atoms with Gasteiger partial charge in [-0.1, -0.05) is 0 Å². The molecule has 0 aliphatic carbocycles. The topological polar surface area (TPSA) is 81.2 Å². The minimum absolute atomic E-state index is 0.0581. The van der Waals surface area contributed by atoms with Crippen molar-refractivity contribution in [1.29, 1.82) is 0 Å². The molecule has 0 radical (unpaired) electrons. The van der Waals surface area contributed by atoms with E-state index in [9.17, 15) is 8.42 Å². The summed E-state index contributed by atoms with van der Waals surface area (Å²) in [6, 6.07) is 1.49. The zero-order valence-electron chi connectivity index (χ0n) is 10.4. The first kappa shape index (κ1) is 14.6. The van der Waals surface area contributed by atoms with E-state index in [0.29, 0.717) is 12.4 Å². The molecule has 0 aromatic carbocycles. The third-order valence-corrected chi connectivity index (χ3v) is 8.23. The van der Waals surface area contributed by atoms with Gasteiger partial charge in [-0.15, -0.1) is 0 Å². The van der Waals surface area contributed by atoms with E-state index < -0.39 is 10.0 Å². The van der Waals surface area contributed by atoms with Gasteiger partial charge in [-0.3, -0.25) is 4.68 Å². The minimum atomic E-state index is -3.48. The van der Waals surface area contributed by atoms with Crippen molar-refractivity contribution in [1.82, 2.24) is 18.6 Å². The summed E-state index contributed by atoms with van der Waals surface area (Å²) >= 11 is 0. The maximum Gasteiger partial charge on any atom is 0.268 e. The first-order valence-corrected chi connectivity index (χ1v) is 9.73. The van der Waals surface area contributed by atoms with Gasteiger partial charge < -0.3 is 4.42 Å². The summed E-state index contributed by atoms with van der Waals surface area (Å²) in [5.74, 6) is 0.485. The molecule has 0 aliphatic rings. The lowest BCUT2D eigenvalue weighted by Gasteiger charge is -2.15. The van der Waals surface area contributed by atoms with Gasteiger partial charge in [-0.05, 0) is 36.9 Å². The number of rotatable bonds is 6. The molecule has 0 fully saturated rings. The van der Waals surface area contributed by atoms with E-state index in [1.54, 1.807) is 6.20 Å². The number of hydrogen-bond donors (Lipinski definition) is 0. The van der Waals surface area contributed by atoms with E-state index >= 15 is 0 Å². The molecule has 2 atom stereocenters. The molecule has 104 valence electrons. The number of oxazole rings is 1. The van der Waals surface area contributed by atoms with E-state index in [0.717, 1.165) is 0 Å². The van der Waals surface area contributed by atoms with Crippen LogP contribution in [-0.2, 0) is 16.6 Å². The average Bonchev–Trinajstić information content (AvgIpc) is 3.02. The highest BCUT2D eigenvalue weighted by atomic mass is 32.2. The highest BCUT2D eigenvalue weighted by molar-refractivity contribution is 7.97. The standard InChI is InChI=1S/C9H14N4O3P2S/c1-17-13(18-2)19(14,15)9-3-5-12(11-9)7-8-10-4-6-16-8/h3-6,17-18H,7H2,1-2H3. The predicted octanol–water partition coefficient (Wildman–Crippen LogP) is 1.36. The van der Waals surface area contributed by atoms with Crippen LogP contribution < -0.4 is 0 Å². The fraction of sp³-hybridized carbons (Fsp3) is 0.333. The molecular weight excluding hydrogens is 306 g/mol. The SMILES string of the molecule is CPN(PC)S(=O)(=O)c1ccn(Cc2ncco2)n1. The molecule has 0 saturated carbocycles. The smallest absolute Gasteiger partial charge is 0.268 e. The second kappa shape index (κ2) is 6.09. The quantitative estimate of drug-likeness (QED) is 0.751. The third-order valence-electron chi connectivity index (χ3n) is 2.31. The van der Waals surface area contributed by atoms with Crippen LogP contribution in [0, 0.1) is 0 Å². The average molecular weight is 320 g/mol. The van der Waals surface area contributed by atoms with E-state index in [2.05, 4.69) is 10.1 Å². The second-order valence-corrected chi connectivity index (χ2v) is 8.11. The van der Waals surface area contributed by atoms with E-state index in [1.807, 2.05) is 13.3 Å². The molecule has 2 rings (SSSR count). The third kappa shape index (κ3) is 3.20. The molecule has 7 nitrogen and oxygen atoms in total. The normalized spacial score (nSPS) is 13.4. The van der Waals surface area contributed by atoms with E-state index in [1.165, 1.54) is 27.1 Å². The van der Waals surface area contributed by atoms with Crippen LogP contribution >= 0.6 is 17.5 Å². The summed E-state index contributed by atoms with van der Waals surface area (Å²) in [6.45, 7) is 3.97. The number of aromatic nitrogens is 3. The summed E-state index contributed by atoms with van der Waals surface area (Å²) in [6.07, 6.45) is 4.61. The van der Waals surface area contributed by atoms with Crippen molar-refractivity contribution in [3.63, 3.8) is 0 Å². The number of hydrogen-bond acceptors (Lipinski definition) is 5. The molecule has 0 saturated heterocycles. The summed E-state index contributed by atoms with van der Waals surface area (Å²) in [4.78, 5) is 3.97. The molecule has 0 amide bonds. The zero-order valence-corrected chi connectivity index (χ0v) is 13.3. The van der Waals surface area contributed by atoms with Crippen molar-refractivity contribution >= 4 is 27.5 Å². The monoisotopic (exact) mass is 320 g/mol. The van der Waals surface area contributed by atoms with Crippen LogP contribution in [0.5, 0.6) is 0 Å². The van der Waals surface area contributed by atoms with Gasteiger partial charge in [-0.2, -0.15) is 8.94 Å². The Morgan fingerprint density at radius 3 is 2.74 bits per heavy atom. The lowest BCUT2D eigenvalue weighted by atomic mass is 10.6. The highest BCUT2D eigenvalue weighted by Gasteiger charge is 2.24. The fourth-order valence-electron chi connectivity index (χ4n) is 1.48. The van der Waals surface area contributed by atoms with Crippen molar-refractivity contribution in [2.75, 3.05) is 13.3 Å². The molecular formula is C9H14N4O3P2S. The Hall–Kier alpha value is -0.810. The van der Waals surface area contributed by atoms with Gasteiger partial charge in [0.15, 0.2) is 5.03 Å². The van der Waals surface area contributed by atoms with Crippen molar-refractivity contribution in [3.8, 4) is 0 Å². The lowest BCUT2D eigenvalue weighted by Crippen LogP contribution is -2.16. The van der Waals surface area contributed by atoms with Crippen molar-refractivity contribution in [2.24, 2.45) is 0 Å². The van der Waals surface area contributed by atoms with Gasteiger partial charge in [0.2, 0.25) is 5.89 Å². The van der Waals surface area contributed by atoms with Crippen LogP contribution in [0.1, 0.15) is 5.89 Å². The predicted molar refractivity (Wildman–Crippen MR) is 75.3 cm³/mol. The molecule has 2 heterocycles. The van der Waals surface area contributed by atoms with Crippen molar-refractivity contribution < 1.29 is 12.8 Å². The first-order valence-electron chi connectivity index (χ1n) is 5.40. The Bertz CT molecular complexity index is 622. The van der Waals surface area contributed by atoms with Gasteiger partial charge in [0, 0.05) is 6.20 Å². The Balaban J connectivity index is 2.21. The van der Waals surface area contributed by atoms with Gasteiger partial charge >= 0.3 is 0 Å². The van der Waals surface area contributed by atoms with Crippen LogP contribution in [0.15, 0.2) is 34.2 Å². The van der Waals surface area contributed by atoms with Gasteiger partial charge in [-0.25, -0.2) is 13.4 Å². The summed E-state index contributed by atoms with van der Waals surface area (Å²) in [5.41, 5.74) is 0. The zero-order chi connectivity index (χ0) is 13.9. The maximum atomic E-state index is 12.2. The highest BCUT2D eigenvalue weighted by Crippen LogP contribution is 2.34. The van der Waals surface area contributed by atoms with Crippen molar-refractivity contribution in [3.05, 3.63) is 30.6 Å². The molecule has 2 aromatic rings. The van der Waals surface area contributed by atoms with E-state index in [-0.39, 0.29) is 22.5 Å². The molecule has 10 heteroatoms. The fourth-order valence-corrected chi connectivity index (χ4v) is 5.49. The Morgan fingerprint density at radius 1 is 1.42 bits per heavy atom. The van der Waals surface area contributed by atoms with Crippen LogP contribution in [0.4, 0.5) is 0 Å². The van der Waals surface area contributed by atoms with Crippen LogP contribution in [0.3, 0.4) is 0 Å². The Labute approximate surface area is 115 Å². The number of sulfonamides is 1. The lowest BCUT2D eigenvalue weighted by molar-refractivity contribution is 0.461. The Kier molecular flexibility index (Phi) is 4.68. The molecule has 0 aliphatic heterocycles. The molecule has 0 bridgehead atoms. The molecule has 0 spiro atoms. The van der Waals surface area contributed by atoms with Gasteiger partial charge in [0.05, 0.1) is 6.20 Å². The summed E-state index contributed by atoms with van der Waals surface area (Å²) in [7, 11) is -3.10. The first-order chi connectivity index (χ1) is 9.07. The maximum absolute atomic E-state index is 12.2.